The molecule has 2 aromatic rings. The van der Waals surface area contributed by atoms with Gasteiger partial charge in [-0.2, -0.15) is 0 Å². The summed E-state index contributed by atoms with van der Waals surface area (Å²) in [5, 5.41) is 20.9. The van der Waals surface area contributed by atoms with Gasteiger partial charge in [-0.15, -0.1) is 0 Å². The molecular formula is C32H48O6. The lowest BCUT2D eigenvalue weighted by molar-refractivity contribution is -0.319. The Hall–Kier alpha value is -1.80. The number of benzene rings is 2. The van der Waals surface area contributed by atoms with Crippen molar-refractivity contribution < 1.29 is 29.2 Å². The number of hydrogen-bond donors (Lipinski definition) is 2. The fourth-order valence-electron chi connectivity index (χ4n) is 4.87. The molecule has 0 aromatic heterocycles. The van der Waals surface area contributed by atoms with E-state index < -0.39 is 30.7 Å². The quantitative estimate of drug-likeness (QED) is 0.212. The summed E-state index contributed by atoms with van der Waals surface area (Å²) in [6.45, 7) is 3.12. The highest BCUT2D eigenvalue weighted by molar-refractivity contribution is 5.14. The second kappa shape index (κ2) is 18.5. The van der Waals surface area contributed by atoms with Crippen molar-refractivity contribution in [2.75, 3.05) is 13.2 Å². The molecule has 2 N–H and O–H groups in total. The summed E-state index contributed by atoms with van der Waals surface area (Å²) in [7, 11) is 0. The van der Waals surface area contributed by atoms with E-state index in [9.17, 15) is 10.2 Å². The Morgan fingerprint density at radius 2 is 1.16 bits per heavy atom. The van der Waals surface area contributed by atoms with Gasteiger partial charge in [-0.25, -0.2) is 0 Å². The Labute approximate surface area is 229 Å². The first kappa shape index (κ1) is 30.7. The molecule has 1 aliphatic rings. The predicted octanol–water partition coefficient (Wildman–Crippen LogP) is 6.17. The minimum absolute atomic E-state index is 0.317. The van der Waals surface area contributed by atoms with Crippen LogP contribution in [0.1, 0.15) is 82.3 Å². The van der Waals surface area contributed by atoms with Crippen LogP contribution in [-0.2, 0) is 32.2 Å². The third-order valence-electron chi connectivity index (χ3n) is 7.15. The molecule has 1 heterocycles. The van der Waals surface area contributed by atoms with E-state index >= 15 is 0 Å². The van der Waals surface area contributed by atoms with Crippen LogP contribution in [0.2, 0.25) is 0 Å². The highest BCUT2D eigenvalue weighted by Gasteiger charge is 2.47. The Kier molecular flexibility index (Phi) is 14.9. The monoisotopic (exact) mass is 528 g/mol. The van der Waals surface area contributed by atoms with Crippen LogP contribution in [0.15, 0.2) is 60.7 Å². The normalized spacial score (nSPS) is 23.5. The van der Waals surface area contributed by atoms with E-state index in [0.29, 0.717) is 19.8 Å². The van der Waals surface area contributed by atoms with E-state index in [1.54, 1.807) is 0 Å². The van der Waals surface area contributed by atoms with Crippen LogP contribution >= 0.6 is 0 Å². The molecule has 0 amide bonds. The number of aliphatic hydroxyl groups excluding tert-OH is 2. The fourth-order valence-corrected chi connectivity index (χ4v) is 4.87. The predicted molar refractivity (Wildman–Crippen MR) is 150 cm³/mol. The van der Waals surface area contributed by atoms with Crippen molar-refractivity contribution >= 4 is 0 Å². The van der Waals surface area contributed by atoms with Crippen LogP contribution in [-0.4, -0.2) is 54.1 Å². The van der Waals surface area contributed by atoms with Crippen LogP contribution in [0, 0.1) is 0 Å². The topological polar surface area (TPSA) is 77.4 Å². The second-order valence-corrected chi connectivity index (χ2v) is 10.3. The summed E-state index contributed by atoms with van der Waals surface area (Å²) in [6, 6.07) is 19.7. The summed E-state index contributed by atoms with van der Waals surface area (Å²) >= 11 is 0. The van der Waals surface area contributed by atoms with Gasteiger partial charge in [0.15, 0.2) is 6.29 Å². The standard InChI is InChI=1S/C32H48O6/c1-2-3-4-5-6-7-8-9-10-17-22-35-32-31(37-25-27-20-15-12-16-21-27)30(29(34)28(23-33)38-32)36-24-26-18-13-11-14-19-26/h11-16,18-21,28-34H,2-10,17,22-25H2,1H3/t28-,29-,30+,31-,32-/m1/s1. The molecule has 38 heavy (non-hydrogen) atoms. The fraction of sp³-hybridized carbons (Fsp3) is 0.625. The van der Waals surface area contributed by atoms with Gasteiger partial charge in [-0.1, -0.05) is 125 Å². The molecule has 1 saturated heterocycles. The Balaban J connectivity index is 1.53. The minimum Gasteiger partial charge on any atom is -0.394 e. The zero-order valence-electron chi connectivity index (χ0n) is 23.1. The van der Waals surface area contributed by atoms with Crippen molar-refractivity contribution in [1.29, 1.82) is 0 Å². The van der Waals surface area contributed by atoms with E-state index in [1.807, 2.05) is 60.7 Å². The molecule has 1 fully saturated rings. The lowest BCUT2D eigenvalue weighted by atomic mass is 9.98. The maximum absolute atomic E-state index is 11.0. The Morgan fingerprint density at radius 3 is 1.68 bits per heavy atom. The van der Waals surface area contributed by atoms with Crippen molar-refractivity contribution in [3.8, 4) is 0 Å². The molecule has 1 aliphatic heterocycles. The van der Waals surface area contributed by atoms with Crippen LogP contribution in [0.25, 0.3) is 0 Å². The SMILES string of the molecule is CCCCCCCCCCCCO[C@@H]1O[C@H](CO)[C@@H](O)[C@H](OCc2ccccc2)[C@H]1OCc1ccccc1. The molecule has 0 aliphatic carbocycles. The molecule has 0 radical (unpaired) electrons. The summed E-state index contributed by atoms with van der Waals surface area (Å²) < 4.78 is 24.7. The molecule has 5 atom stereocenters. The molecule has 3 rings (SSSR count). The lowest BCUT2D eigenvalue weighted by Crippen LogP contribution is -2.60. The van der Waals surface area contributed by atoms with Gasteiger partial charge in [0.25, 0.3) is 0 Å². The summed E-state index contributed by atoms with van der Waals surface area (Å²) in [5.74, 6) is 0. The first-order chi connectivity index (χ1) is 18.7. The number of unbranched alkanes of at least 4 members (excludes halogenated alkanes) is 9. The smallest absolute Gasteiger partial charge is 0.186 e. The first-order valence-electron chi connectivity index (χ1n) is 14.6. The van der Waals surface area contributed by atoms with Crippen molar-refractivity contribution in [3.63, 3.8) is 0 Å². The van der Waals surface area contributed by atoms with Crippen molar-refractivity contribution in [1.82, 2.24) is 0 Å². The maximum atomic E-state index is 11.0. The largest absolute Gasteiger partial charge is 0.394 e. The second-order valence-electron chi connectivity index (χ2n) is 10.3. The van der Waals surface area contributed by atoms with Gasteiger partial charge in [0, 0.05) is 6.61 Å². The molecule has 0 spiro atoms. The van der Waals surface area contributed by atoms with Gasteiger partial charge >= 0.3 is 0 Å². The van der Waals surface area contributed by atoms with E-state index in [-0.39, 0.29) is 6.61 Å². The lowest BCUT2D eigenvalue weighted by Gasteiger charge is -2.43. The first-order valence-corrected chi connectivity index (χ1v) is 14.6. The molecule has 0 unspecified atom stereocenters. The van der Waals surface area contributed by atoms with Gasteiger partial charge in [0.1, 0.15) is 24.4 Å². The number of aliphatic hydroxyl groups is 2. The minimum atomic E-state index is -1.04. The van der Waals surface area contributed by atoms with Crippen LogP contribution in [0.5, 0.6) is 0 Å². The van der Waals surface area contributed by atoms with E-state index in [4.69, 9.17) is 18.9 Å². The number of rotatable bonds is 19. The Bertz CT molecular complexity index is 832. The van der Waals surface area contributed by atoms with Gasteiger partial charge in [-0.3, -0.25) is 0 Å². The Morgan fingerprint density at radius 1 is 0.658 bits per heavy atom. The highest BCUT2D eigenvalue weighted by Crippen LogP contribution is 2.28. The zero-order valence-corrected chi connectivity index (χ0v) is 23.1. The molecule has 2 aromatic carbocycles. The molecule has 0 bridgehead atoms. The average Bonchev–Trinajstić information content (AvgIpc) is 2.96. The number of ether oxygens (including phenoxy) is 4. The average molecular weight is 529 g/mol. The summed E-state index contributed by atoms with van der Waals surface area (Å²) in [6.07, 6.45) is 8.59. The van der Waals surface area contributed by atoms with Crippen LogP contribution < -0.4 is 0 Å². The van der Waals surface area contributed by atoms with E-state index in [1.165, 1.54) is 51.4 Å². The molecule has 212 valence electrons. The molecule has 6 nitrogen and oxygen atoms in total. The summed E-state index contributed by atoms with van der Waals surface area (Å²) in [5.41, 5.74) is 2.01. The van der Waals surface area contributed by atoms with E-state index in [0.717, 1.165) is 24.0 Å². The number of hydrogen-bond acceptors (Lipinski definition) is 6. The third-order valence-corrected chi connectivity index (χ3v) is 7.15. The van der Waals surface area contributed by atoms with Crippen molar-refractivity contribution in [2.24, 2.45) is 0 Å². The zero-order chi connectivity index (χ0) is 26.8. The van der Waals surface area contributed by atoms with Gasteiger partial charge in [-0.05, 0) is 17.5 Å². The van der Waals surface area contributed by atoms with Crippen molar-refractivity contribution in [2.45, 2.75) is 115 Å². The maximum Gasteiger partial charge on any atom is 0.186 e. The third kappa shape index (κ3) is 10.8. The van der Waals surface area contributed by atoms with Crippen LogP contribution in [0.4, 0.5) is 0 Å². The van der Waals surface area contributed by atoms with Crippen molar-refractivity contribution in [3.05, 3.63) is 71.8 Å². The molecular weight excluding hydrogens is 480 g/mol. The van der Waals surface area contributed by atoms with E-state index in [2.05, 4.69) is 6.92 Å². The van der Waals surface area contributed by atoms with Gasteiger partial charge < -0.3 is 29.2 Å². The highest BCUT2D eigenvalue weighted by atomic mass is 16.7. The van der Waals surface area contributed by atoms with Gasteiger partial charge in [0.05, 0.1) is 19.8 Å². The summed E-state index contributed by atoms with van der Waals surface area (Å²) in [4.78, 5) is 0. The molecule has 6 heteroatoms. The van der Waals surface area contributed by atoms with Gasteiger partial charge in [0.2, 0.25) is 0 Å². The molecule has 0 saturated carbocycles. The van der Waals surface area contributed by atoms with Crippen LogP contribution in [0.3, 0.4) is 0 Å².